The zero-order valence-corrected chi connectivity index (χ0v) is 14.2. The van der Waals surface area contributed by atoms with Gasteiger partial charge in [-0.25, -0.2) is 4.98 Å². The van der Waals surface area contributed by atoms with Crippen LogP contribution in [0.15, 0.2) is 12.7 Å². The first-order valence-electron chi connectivity index (χ1n) is 8.53. The molecule has 0 radical (unpaired) electrons. The van der Waals surface area contributed by atoms with Crippen LogP contribution in [-0.2, 0) is 20.9 Å². The number of rotatable bonds is 6. The fourth-order valence-electron chi connectivity index (χ4n) is 3.75. The molecule has 2 amide bonds. The molecule has 3 rings (SSSR count). The SMILES string of the molecule is COCCN1CCC[C@@]2(CCN(C(=O)CCn3cncn3)C2)C1=O. The zero-order chi connectivity index (χ0) is 17.0. The van der Waals surface area contributed by atoms with Crippen LogP contribution in [0.1, 0.15) is 25.7 Å². The lowest BCUT2D eigenvalue weighted by atomic mass is 9.78. The summed E-state index contributed by atoms with van der Waals surface area (Å²) in [5.74, 6) is 0.279. The van der Waals surface area contributed by atoms with Gasteiger partial charge in [0.1, 0.15) is 12.7 Å². The molecule has 0 unspecified atom stereocenters. The molecule has 0 bridgehead atoms. The van der Waals surface area contributed by atoms with E-state index in [0.717, 1.165) is 25.8 Å². The van der Waals surface area contributed by atoms with Crippen molar-refractivity contribution in [3.63, 3.8) is 0 Å². The summed E-state index contributed by atoms with van der Waals surface area (Å²) >= 11 is 0. The lowest BCUT2D eigenvalue weighted by Crippen LogP contribution is -2.51. The maximum atomic E-state index is 12.9. The predicted molar refractivity (Wildman–Crippen MR) is 86.0 cm³/mol. The quantitative estimate of drug-likeness (QED) is 0.739. The van der Waals surface area contributed by atoms with Crippen molar-refractivity contribution in [1.29, 1.82) is 0 Å². The first-order valence-corrected chi connectivity index (χ1v) is 8.53. The summed E-state index contributed by atoms with van der Waals surface area (Å²) < 4.78 is 6.75. The molecule has 0 N–H and O–H groups in total. The molecular formula is C16H25N5O3. The van der Waals surface area contributed by atoms with Crippen LogP contribution in [0.5, 0.6) is 0 Å². The summed E-state index contributed by atoms with van der Waals surface area (Å²) in [6, 6.07) is 0. The number of amides is 2. The van der Waals surface area contributed by atoms with Gasteiger partial charge in [0.05, 0.1) is 18.6 Å². The molecule has 3 heterocycles. The van der Waals surface area contributed by atoms with Gasteiger partial charge in [0.2, 0.25) is 11.8 Å². The number of methoxy groups -OCH3 is 1. The summed E-state index contributed by atoms with van der Waals surface area (Å²) in [5.41, 5.74) is -0.380. The number of likely N-dealkylation sites (tertiary alicyclic amines) is 2. The van der Waals surface area contributed by atoms with Gasteiger partial charge in [-0.05, 0) is 19.3 Å². The molecule has 0 aliphatic carbocycles. The Labute approximate surface area is 141 Å². The first kappa shape index (κ1) is 16.9. The van der Waals surface area contributed by atoms with Crippen molar-refractivity contribution in [3.8, 4) is 0 Å². The summed E-state index contributed by atoms with van der Waals surface area (Å²) in [6.45, 7) is 3.73. The van der Waals surface area contributed by atoms with Gasteiger partial charge >= 0.3 is 0 Å². The molecule has 1 aromatic heterocycles. The minimum atomic E-state index is -0.380. The third kappa shape index (κ3) is 3.43. The van der Waals surface area contributed by atoms with Crippen LogP contribution < -0.4 is 0 Å². The van der Waals surface area contributed by atoms with Gasteiger partial charge in [0.15, 0.2) is 0 Å². The van der Waals surface area contributed by atoms with Gasteiger partial charge in [-0.2, -0.15) is 5.10 Å². The van der Waals surface area contributed by atoms with Crippen LogP contribution in [0.3, 0.4) is 0 Å². The van der Waals surface area contributed by atoms with Gasteiger partial charge in [-0.3, -0.25) is 14.3 Å². The number of hydrogen-bond acceptors (Lipinski definition) is 5. The van der Waals surface area contributed by atoms with Gasteiger partial charge in [-0.1, -0.05) is 0 Å². The summed E-state index contributed by atoms with van der Waals surface area (Å²) in [7, 11) is 1.65. The van der Waals surface area contributed by atoms with Gasteiger partial charge in [-0.15, -0.1) is 0 Å². The predicted octanol–water partition coefficient (Wildman–Crippen LogP) is 0.156. The Morgan fingerprint density at radius 3 is 2.96 bits per heavy atom. The van der Waals surface area contributed by atoms with E-state index in [-0.39, 0.29) is 17.2 Å². The summed E-state index contributed by atoms with van der Waals surface area (Å²) in [4.78, 5) is 32.9. The van der Waals surface area contributed by atoms with E-state index in [0.29, 0.717) is 39.2 Å². The Balaban J connectivity index is 1.56. The van der Waals surface area contributed by atoms with E-state index in [1.54, 1.807) is 18.1 Å². The molecule has 1 aromatic rings. The van der Waals surface area contributed by atoms with Crippen molar-refractivity contribution in [2.75, 3.05) is 39.9 Å². The average Bonchev–Trinajstić information content (AvgIpc) is 3.25. The Kier molecular flexibility index (Phi) is 5.13. The Morgan fingerprint density at radius 1 is 1.33 bits per heavy atom. The Morgan fingerprint density at radius 2 is 2.21 bits per heavy atom. The van der Waals surface area contributed by atoms with Crippen molar-refractivity contribution in [1.82, 2.24) is 24.6 Å². The molecule has 1 atom stereocenters. The van der Waals surface area contributed by atoms with Crippen LogP contribution in [0.4, 0.5) is 0 Å². The van der Waals surface area contributed by atoms with Crippen LogP contribution in [-0.4, -0.2) is 76.3 Å². The Hall–Kier alpha value is -1.96. The van der Waals surface area contributed by atoms with Crippen LogP contribution in [0.2, 0.25) is 0 Å². The number of ether oxygens (including phenoxy) is 1. The van der Waals surface area contributed by atoms with E-state index in [1.807, 2.05) is 9.80 Å². The standard InChI is InChI=1S/C16H25N5O3/c1-24-10-9-19-6-2-4-16(15(19)23)5-8-20(11-16)14(22)3-7-21-13-17-12-18-21/h12-13H,2-11H2,1H3/t16-/m0/s1. The van der Waals surface area contributed by atoms with Gasteiger partial charge in [0, 0.05) is 39.7 Å². The van der Waals surface area contributed by atoms with Crippen molar-refractivity contribution in [3.05, 3.63) is 12.7 Å². The van der Waals surface area contributed by atoms with E-state index in [4.69, 9.17) is 4.74 Å². The monoisotopic (exact) mass is 335 g/mol. The highest BCUT2D eigenvalue weighted by Gasteiger charge is 2.49. The molecule has 2 aliphatic heterocycles. The molecule has 2 fully saturated rings. The fourth-order valence-corrected chi connectivity index (χ4v) is 3.75. The van der Waals surface area contributed by atoms with Crippen molar-refractivity contribution >= 4 is 11.8 Å². The molecule has 0 saturated carbocycles. The highest BCUT2D eigenvalue weighted by molar-refractivity contribution is 5.86. The molecule has 132 valence electrons. The largest absolute Gasteiger partial charge is 0.383 e. The van der Waals surface area contributed by atoms with E-state index in [2.05, 4.69) is 10.1 Å². The van der Waals surface area contributed by atoms with Crippen LogP contribution in [0.25, 0.3) is 0 Å². The van der Waals surface area contributed by atoms with Crippen LogP contribution in [0, 0.1) is 5.41 Å². The number of carbonyl (C=O) groups excluding carboxylic acids is 2. The van der Waals surface area contributed by atoms with Crippen molar-refractivity contribution in [2.45, 2.75) is 32.2 Å². The van der Waals surface area contributed by atoms with E-state index < -0.39 is 0 Å². The van der Waals surface area contributed by atoms with E-state index in [9.17, 15) is 9.59 Å². The van der Waals surface area contributed by atoms with Crippen molar-refractivity contribution in [2.24, 2.45) is 5.41 Å². The second-order valence-corrected chi connectivity index (χ2v) is 6.64. The maximum absolute atomic E-state index is 12.9. The molecule has 24 heavy (non-hydrogen) atoms. The first-order chi connectivity index (χ1) is 11.6. The zero-order valence-electron chi connectivity index (χ0n) is 14.2. The highest BCUT2D eigenvalue weighted by Crippen LogP contribution is 2.40. The Bertz CT molecular complexity index is 576. The number of piperidine rings is 1. The lowest BCUT2D eigenvalue weighted by Gasteiger charge is -2.39. The number of hydrogen-bond donors (Lipinski definition) is 0. The normalized spacial score (nSPS) is 24.1. The summed E-state index contributed by atoms with van der Waals surface area (Å²) in [6.07, 6.45) is 6.10. The van der Waals surface area contributed by atoms with Crippen LogP contribution >= 0.6 is 0 Å². The molecular weight excluding hydrogens is 310 g/mol. The number of carbonyl (C=O) groups is 2. The van der Waals surface area contributed by atoms with Crippen molar-refractivity contribution < 1.29 is 14.3 Å². The van der Waals surface area contributed by atoms with E-state index >= 15 is 0 Å². The summed E-state index contributed by atoms with van der Waals surface area (Å²) in [5, 5.41) is 4.01. The second kappa shape index (κ2) is 7.29. The number of aryl methyl sites for hydroxylation is 1. The fraction of sp³-hybridized carbons (Fsp3) is 0.750. The minimum Gasteiger partial charge on any atom is -0.383 e. The topological polar surface area (TPSA) is 80.6 Å². The maximum Gasteiger partial charge on any atom is 0.230 e. The molecule has 2 saturated heterocycles. The third-order valence-electron chi connectivity index (χ3n) is 5.12. The molecule has 1 spiro atoms. The molecule has 8 heteroatoms. The minimum absolute atomic E-state index is 0.0872. The second-order valence-electron chi connectivity index (χ2n) is 6.64. The average molecular weight is 335 g/mol. The van der Waals surface area contributed by atoms with Gasteiger partial charge < -0.3 is 14.5 Å². The smallest absolute Gasteiger partial charge is 0.230 e. The van der Waals surface area contributed by atoms with E-state index in [1.165, 1.54) is 6.33 Å². The van der Waals surface area contributed by atoms with Gasteiger partial charge in [0.25, 0.3) is 0 Å². The third-order valence-corrected chi connectivity index (χ3v) is 5.12. The number of aromatic nitrogens is 3. The number of nitrogens with zero attached hydrogens (tertiary/aromatic N) is 5. The molecule has 8 nitrogen and oxygen atoms in total. The molecule has 0 aromatic carbocycles. The lowest BCUT2D eigenvalue weighted by molar-refractivity contribution is -0.146. The molecule has 2 aliphatic rings. The highest BCUT2D eigenvalue weighted by atomic mass is 16.5.